The fourth-order valence-electron chi connectivity index (χ4n) is 2.02. The third-order valence-corrected chi connectivity index (χ3v) is 3.23. The second-order valence-corrected chi connectivity index (χ2v) is 4.83. The van der Waals surface area contributed by atoms with E-state index in [0.29, 0.717) is 25.9 Å². The van der Waals surface area contributed by atoms with E-state index < -0.39 is 0 Å². The molecular weight excluding hydrogens is 240 g/mol. The molecule has 0 atom stereocenters. The maximum absolute atomic E-state index is 12.1. The van der Waals surface area contributed by atoms with Crippen molar-refractivity contribution < 1.29 is 14.3 Å². The average Bonchev–Trinajstić information content (AvgIpc) is 2.34. The van der Waals surface area contributed by atoms with Gasteiger partial charge in [0.1, 0.15) is 0 Å². The van der Waals surface area contributed by atoms with Crippen molar-refractivity contribution in [2.75, 3.05) is 6.61 Å². The molecule has 1 aromatic carbocycles. The van der Waals surface area contributed by atoms with E-state index in [9.17, 15) is 9.59 Å². The molecule has 0 aliphatic carbocycles. The normalized spacial score (nSPS) is 10.3. The minimum absolute atomic E-state index is 0.102. The van der Waals surface area contributed by atoms with Crippen molar-refractivity contribution in [2.24, 2.45) is 0 Å². The molecule has 0 saturated heterocycles. The molecule has 0 unspecified atom stereocenters. The van der Waals surface area contributed by atoms with Crippen LogP contribution in [0.4, 0.5) is 0 Å². The largest absolute Gasteiger partial charge is 0.466 e. The summed E-state index contributed by atoms with van der Waals surface area (Å²) >= 11 is 0. The van der Waals surface area contributed by atoms with Crippen molar-refractivity contribution in [3.05, 3.63) is 34.4 Å². The fraction of sp³-hybridized carbons (Fsp3) is 0.500. The van der Waals surface area contributed by atoms with Crippen molar-refractivity contribution >= 4 is 11.8 Å². The van der Waals surface area contributed by atoms with Gasteiger partial charge in [-0.05, 0) is 56.9 Å². The van der Waals surface area contributed by atoms with Gasteiger partial charge in [-0.2, -0.15) is 0 Å². The molecule has 0 radical (unpaired) electrons. The van der Waals surface area contributed by atoms with Crippen LogP contribution in [0.2, 0.25) is 0 Å². The summed E-state index contributed by atoms with van der Waals surface area (Å²) in [5.41, 5.74) is 4.09. The van der Waals surface area contributed by atoms with Gasteiger partial charge in [-0.3, -0.25) is 9.59 Å². The Morgan fingerprint density at radius 2 is 1.63 bits per heavy atom. The molecular formula is C16H22O3. The third kappa shape index (κ3) is 4.51. The second-order valence-electron chi connectivity index (χ2n) is 4.83. The Labute approximate surface area is 115 Å². The van der Waals surface area contributed by atoms with Crippen LogP contribution in [0.3, 0.4) is 0 Å². The summed E-state index contributed by atoms with van der Waals surface area (Å²) < 4.78 is 4.84. The van der Waals surface area contributed by atoms with Crippen molar-refractivity contribution in [1.29, 1.82) is 0 Å². The molecule has 0 heterocycles. The van der Waals surface area contributed by atoms with E-state index in [0.717, 1.165) is 16.7 Å². The first kappa shape index (κ1) is 15.4. The minimum Gasteiger partial charge on any atom is -0.466 e. The summed E-state index contributed by atoms with van der Waals surface area (Å²) in [4.78, 5) is 23.3. The van der Waals surface area contributed by atoms with E-state index in [4.69, 9.17) is 4.74 Å². The predicted molar refractivity (Wildman–Crippen MR) is 75.5 cm³/mol. The lowest BCUT2D eigenvalue weighted by Gasteiger charge is -2.09. The van der Waals surface area contributed by atoms with E-state index in [1.807, 2.05) is 32.9 Å². The van der Waals surface area contributed by atoms with Crippen LogP contribution < -0.4 is 0 Å². The number of esters is 1. The van der Waals surface area contributed by atoms with Crippen LogP contribution in [-0.2, 0) is 9.53 Å². The molecule has 3 heteroatoms. The van der Waals surface area contributed by atoms with Crippen LogP contribution in [0, 0.1) is 20.8 Å². The molecule has 104 valence electrons. The number of aryl methyl sites for hydroxylation is 3. The zero-order valence-electron chi connectivity index (χ0n) is 12.2. The third-order valence-electron chi connectivity index (χ3n) is 3.23. The van der Waals surface area contributed by atoms with Crippen molar-refractivity contribution in [2.45, 2.75) is 47.0 Å². The van der Waals surface area contributed by atoms with Gasteiger partial charge in [0.15, 0.2) is 5.78 Å². The smallest absolute Gasteiger partial charge is 0.305 e. The summed E-state index contributed by atoms with van der Waals surface area (Å²) in [6.07, 6.45) is 1.25. The molecule has 1 aromatic rings. The average molecular weight is 262 g/mol. The topological polar surface area (TPSA) is 43.4 Å². The highest BCUT2D eigenvalue weighted by Crippen LogP contribution is 2.17. The van der Waals surface area contributed by atoms with E-state index >= 15 is 0 Å². The van der Waals surface area contributed by atoms with Crippen LogP contribution in [0.5, 0.6) is 0 Å². The Morgan fingerprint density at radius 3 is 2.26 bits per heavy atom. The molecule has 0 amide bonds. The summed E-state index contributed by atoms with van der Waals surface area (Å²) in [7, 11) is 0. The molecule has 0 aromatic heterocycles. The van der Waals surface area contributed by atoms with Gasteiger partial charge in [0, 0.05) is 18.4 Å². The number of ether oxygens (including phenoxy) is 1. The number of hydrogen-bond donors (Lipinski definition) is 0. The number of ketones is 1. The fourth-order valence-corrected chi connectivity index (χ4v) is 2.02. The van der Waals surface area contributed by atoms with Gasteiger partial charge in [0.25, 0.3) is 0 Å². The number of carbonyl (C=O) groups excluding carboxylic acids is 2. The van der Waals surface area contributed by atoms with Gasteiger partial charge in [0.2, 0.25) is 0 Å². The number of carbonyl (C=O) groups is 2. The molecule has 0 N–H and O–H groups in total. The maximum Gasteiger partial charge on any atom is 0.305 e. The van der Waals surface area contributed by atoms with Gasteiger partial charge in [-0.1, -0.05) is 6.07 Å². The molecule has 0 spiro atoms. The number of hydrogen-bond acceptors (Lipinski definition) is 3. The molecule has 19 heavy (non-hydrogen) atoms. The maximum atomic E-state index is 12.1. The second kappa shape index (κ2) is 7.07. The minimum atomic E-state index is -0.230. The Morgan fingerprint density at radius 1 is 1.00 bits per heavy atom. The van der Waals surface area contributed by atoms with E-state index in [1.54, 1.807) is 6.92 Å². The van der Waals surface area contributed by atoms with Gasteiger partial charge in [-0.25, -0.2) is 0 Å². The zero-order chi connectivity index (χ0) is 14.4. The number of Topliss-reactive ketones (excluding diaryl/α,β-unsaturated/α-hetero) is 1. The van der Waals surface area contributed by atoms with Crippen molar-refractivity contribution in [1.82, 2.24) is 0 Å². The van der Waals surface area contributed by atoms with E-state index in [-0.39, 0.29) is 11.8 Å². The first-order valence-corrected chi connectivity index (χ1v) is 6.72. The SMILES string of the molecule is CCOC(=O)CCCC(=O)c1cc(C)c(C)cc1C. The molecule has 1 rings (SSSR count). The van der Waals surface area contributed by atoms with Crippen LogP contribution >= 0.6 is 0 Å². The summed E-state index contributed by atoms with van der Waals surface area (Å²) in [6.45, 7) is 8.16. The van der Waals surface area contributed by atoms with Crippen LogP contribution in [0.1, 0.15) is 53.2 Å². The van der Waals surface area contributed by atoms with Gasteiger partial charge >= 0.3 is 5.97 Å². The summed E-state index contributed by atoms with van der Waals surface area (Å²) in [6, 6.07) is 3.98. The van der Waals surface area contributed by atoms with E-state index in [2.05, 4.69) is 0 Å². The Hall–Kier alpha value is -1.64. The first-order valence-electron chi connectivity index (χ1n) is 6.72. The molecule has 0 aliphatic rings. The molecule has 3 nitrogen and oxygen atoms in total. The van der Waals surface area contributed by atoms with E-state index in [1.165, 1.54) is 5.56 Å². The Kier molecular flexibility index (Phi) is 5.74. The predicted octanol–water partition coefficient (Wildman–Crippen LogP) is 3.53. The van der Waals surface area contributed by atoms with Gasteiger partial charge in [0.05, 0.1) is 6.61 Å². The quantitative estimate of drug-likeness (QED) is 0.582. The van der Waals surface area contributed by atoms with Crippen molar-refractivity contribution in [3.8, 4) is 0 Å². The summed E-state index contributed by atoms with van der Waals surface area (Å²) in [5.74, 6) is -0.128. The highest BCUT2D eigenvalue weighted by molar-refractivity contribution is 5.97. The molecule has 0 saturated carbocycles. The van der Waals surface area contributed by atoms with Gasteiger partial charge in [-0.15, -0.1) is 0 Å². The zero-order valence-corrected chi connectivity index (χ0v) is 12.2. The van der Waals surface area contributed by atoms with Crippen LogP contribution in [0.15, 0.2) is 12.1 Å². The lowest BCUT2D eigenvalue weighted by Crippen LogP contribution is -2.07. The van der Waals surface area contributed by atoms with Gasteiger partial charge < -0.3 is 4.74 Å². The highest BCUT2D eigenvalue weighted by atomic mass is 16.5. The monoisotopic (exact) mass is 262 g/mol. The standard InChI is InChI=1S/C16H22O3/c1-5-19-16(18)8-6-7-15(17)14-10-12(3)11(2)9-13(14)4/h9-10H,5-8H2,1-4H3. The lowest BCUT2D eigenvalue weighted by molar-refractivity contribution is -0.143. The number of rotatable bonds is 6. The Balaban J connectivity index is 2.59. The summed E-state index contributed by atoms with van der Waals surface area (Å²) in [5, 5.41) is 0. The molecule has 0 bridgehead atoms. The van der Waals surface area contributed by atoms with Crippen molar-refractivity contribution in [3.63, 3.8) is 0 Å². The molecule has 0 fully saturated rings. The molecule has 0 aliphatic heterocycles. The van der Waals surface area contributed by atoms with Crippen LogP contribution in [0.25, 0.3) is 0 Å². The Bertz CT molecular complexity index is 475. The van der Waals surface area contributed by atoms with Crippen LogP contribution in [-0.4, -0.2) is 18.4 Å². The highest BCUT2D eigenvalue weighted by Gasteiger charge is 2.11. The first-order chi connectivity index (χ1) is 8.95. The lowest BCUT2D eigenvalue weighted by atomic mass is 9.96. The number of benzene rings is 1.